The fourth-order valence-corrected chi connectivity index (χ4v) is 4.38. The summed E-state index contributed by atoms with van der Waals surface area (Å²) in [5.74, 6) is -1.99. The van der Waals surface area contributed by atoms with Gasteiger partial charge >= 0.3 is 12.1 Å². The van der Waals surface area contributed by atoms with Crippen molar-refractivity contribution in [2.75, 3.05) is 13.7 Å². The van der Waals surface area contributed by atoms with E-state index in [9.17, 15) is 33.0 Å². The Bertz CT molecular complexity index is 1140. The van der Waals surface area contributed by atoms with Crippen molar-refractivity contribution >= 4 is 28.1 Å². The van der Waals surface area contributed by atoms with Gasteiger partial charge in [-0.25, -0.2) is 9.59 Å². The number of amides is 2. The molecule has 38 heavy (non-hydrogen) atoms. The Hall–Kier alpha value is -3.20. The lowest BCUT2D eigenvalue weighted by Gasteiger charge is -2.40. The zero-order valence-corrected chi connectivity index (χ0v) is 22.8. The summed E-state index contributed by atoms with van der Waals surface area (Å²) in [4.78, 5) is 36.5. The average Bonchev–Trinajstić information content (AvgIpc) is 2.81. The molecular weight excluding hydrogens is 524 g/mol. The highest BCUT2D eigenvalue weighted by atomic mass is 32.2. The number of ether oxygens (including phenoxy) is 3. The topological polar surface area (TPSA) is 187 Å². The molecule has 0 bridgehead atoms. The van der Waals surface area contributed by atoms with E-state index >= 15 is 0 Å². The molecule has 14 heteroatoms. The second-order valence-electron chi connectivity index (χ2n) is 9.61. The first-order valence-corrected chi connectivity index (χ1v) is 13.0. The van der Waals surface area contributed by atoms with Crippen LogP contribution < -0.4 is 10.6 Å². The van der Waals surface area contributed by atoms with Crippen molar-refractivity contribution in [3.05, 3.63) is 41.7 Å². The van der Waals surface area contributed by atoms with Crippen LogP contribution in [-0.4, -0.2) is 86.3 Å². The second-order valence-corrected chi connectivity index (χ2v) is 11.2. The van der Waals surface area contributed by atoms with Crippen LogP contribution in [0.2, 0.25) is 0 Å². The van der Waals surface area contributed by atoms with Gasteiger partial charge in [0.05, 0.1) is 30.7 Å². The molecule has 0 aliphatic carbocycles. The summed E-state index contributed by atoms with van der Waals surface area (Å²) in [5.41, 5.74) is -0.0508. The molecule has 5 atom stereocenters. The monoisotopic (exact) mass is 558 g/mol. The average molecular weight is 559 g/mol. The molecule has 4 N–H and O–H groups in total. The van der Waals surface area contributed by atoms with E-state index in [-0.39, 0.29) is 4.90 Å². The van der Waals surface area contributed by atoms with Crippen molar-refractivity contribution in [2.45, 2.75) is 75.5 Å². The molecule has 212 valence electrons. The summed E-state index contributed by atoms with van der Waals surface area (Å²) in [6, 6.07) is 3.38. The lowest BCUT2D eigenvalue weighted by atomic mass is 9.92. The Labute approximate surface area is 221 Å². The predicted molar refractivity (Wildman–Crippen MR) is 132 cm³/mol. The van der Waals surface area contributed by atoms with Crippen LogP contribution in [0.4, 0.5) is 4.79 Å². The number of aliphatic hydroxyl groups excluding tert-OH is 2. The largest absolute Gasteiger partial charge is 0.478 e. The molecule has 2 rings (SSSR count). The molecule has 0 radical (unpaired) electrons. The van der Waals surface area contributed by atoms with Crippen LogP contribution in [0.3, 0.4) is 0 Å². The number of benzene rings is 1. The van der Waals surface area contributed by atoms with Crippen molar-refractivity contribution < 1.29 is 51.4 Å². The van der Waals surface area contributed by atoms with Crippen LogP contribution in [0.15, 0.2) is 41.0 Å². The third kappa shape index (κ3) is 8.68. The molecule has 1 heterocycles. The van der Waals surface area contributed by atoms with Crippen molar-refractivity contribution in [3.63, 3.8) is 0 Å². The number of hydrogen-bond donors (Lipinski definition) is 4. The standard InChI is InChI=1S/C24H34N2O11S/c1-13-7-9-15(10-8-13)38(32,33)35-12-17(28)20(29)21-19(25-14(2)27)16(11-18(36-21)22(30)34-6)26-23(31)37-24(3,4)5/h7-11,16-17,19-21,28-29H,12H2,1-6H3,(H,25,27)(H,26,31)/t16-,17?,19+,20?,21+/m0/s1. The van der Waals surface area contributed by atoms with Gasteiger partial charge in [-0.1, -0.05) is 17.7 Å². The molecule has 0 aromatic heterocycles. The first-order valence-electron chi connectivity index (χ1n) is 11.6. The molecule has 1 aromatic rings. The summed E-state index contributed by atoms with van der Waals surface area (Å²) < 4.78 is 45.3. The molecule has 1 aliphatic rings. The van der Waals surface area contributed by atoms with E-state index in [2.05, 4.69) is 15.4 Å². The van der Waals surface area contributed by atoms with Gasteiger partial charge in [0.15, 0.2) is 0 Å². The minimum atomic E-state index is -4.28. The van der Waals surface area contributed by atoms with Crippen LogP contribution >= 0.6 is 0 Å². The molecular formula is C24H34N2O11S. The Morgan fingerprint density at radius 1 is 1.11 bits per heavy atom. The lowest BCUT2D eigenvalue weighted by molar-refractivity contribution is -0.148. The van der Waals surface area contributed by atoms with E-state index in [1.807, 2.05) is 0 Å². The molecule has 0 saturated heterocycles. The number of aliphatic hydroxyl groups is 2. The van der Waals surface area contributed by atoms with Gasteiger partial charge in [0.1, 0.15) is 23.9 Å². The summed E-state index contributed by atoms with van der Waals surface area (Å²) >= 11 is 0. The summed E-state index contributed by atoms with van der Waals surface area (Å²) in [7, 11) is -3.21. The van der Waals surface area contributed by atoms with E-state index in [1.165, 1.54) is 19.1 Å². The zero-order chi connectivity index (χ0) is 28.8. The molecule has 2 amide bonds. The highest BCUT2D eigenvalue weighted by Crippen LogP contribution is 2.25. The maximum atomic E-state index is 12.5. The molecule has 0 spiro atoms. The number of hydrogen-bond acceptors (Lipinski definition) is 11. The third-order valence-electron chi connectivity index (χ3n) is 5.21. The van der Waals surface area contributed by atoms with Crippen molar-refractivity contribution in [1.82, 2.24) is 10.6 Å². The summed E-state index contributed by atoms with van der Waals surface area (Å²) in [5, 5.41) is 26.5. The number of nitrogens with one attached hydrogen (secondary N) is 2. The van der Waals surface area contributed by atoms with Crippen molar-refractivity contribution in [2.24, 2.45) is 0 Å². The van der Waals surface area contributed by atoms with Crippen molar-refractivity contribution in [3.8, 4) is 0 Å². The maximum absolute atomic E-state index is 12.5. The van der Waals surface area contributed by atoms with Crippen LogP contribution in [0.1, 0.15) is 33.3 Å². The lowest BCUT2D eigenvalue weighted by Crippen LogP contribution is -2.63. The number of carbonyl (C=O) groups is 3. The van der Waals surface area contributed by atoms with E-state index in [1.54, 1.807) is 39.8 Å². The van der Waals surface area contributed by atoms with Crippen LogP contribution in [-0.2, 0) is 38.1 Å². The summed E-state index contributed by atoms with van der Waals surface area (Å²) in [6.45, 7) is 6.95. The smallest absolute Gasteiger partial charge is 0.408 e. The SMILES string of the molecule is COC(=O)C1=C[C@H](NC(=O)OC(C)(C)C)[C@@H](NC(C)=O)[C@H](C(O)C(O)COS(=O)(=O)c2ccc(C)cc2)O1. The van der Waals surface area contributed by atoms with Gasteiger partial charge in [-0.05, 0) is 45.9 Å². The van der Waals surface area contributed by atoms with Gasteiger partial charge < -0.3 is 35.1 Å². The number of esters is 1. The molecule has 0 saturated carbocycles. The normalized spacial score (nSPS) is 21.3. The van der Waals surface area contributed by atoms with E-state index < -0.39 is 76.5 Å². The highest BCUT2D eigenvalue weighted by molar-refractivity contribution is 7.86. The van der Waals surface area contributed by atoms with Crippen LogP contribution in [0.5, 0.6) is 0 Å². The van der Waals surface area contributed by atoms with Gasteiger partial charge in [0.2, 0.25) is 11.7 Å². The Kier molecular flexibility index (Phi) is 10.3. The van der Waals surface area contributed by atoms with Gasteiger partial charge in [0, 0.05) is 6.92 Å². The van der Waals surface area contributed by atoms with E-state index in [0.717, 1.165) is 18.7 Å². The molecule has 0 fully saturated rings. The fourth-order valence-electron chi connectivity index (χ4n) is 3.46. The van der Waals surface area contributed by atoms with Crippen molar-refractivity contribution in [1.29, 1.82) is 0 Å². The summed E-state index contributed by atoms with van der Waals surface area (Å²) in [6.07, 6.45) is -5.07. The number of methoxy groups -OCH3 is 1. The minimum Gasteiger partial charge on any atom is -0.478 e. The zero-order valence-electron chi connectivity index (χ0n) is 22.0. The Morgan fingerprint density at radius 2 is 1.71 bits per heavy atom. The molecule has 2 unspecified atom stereocenters. The second kappa shape index (κ2) is 12.6. The van der Waals surface area contributed by atoms with E-state index in [0.29, 0.717) is 0 Å². The third-order valence-corrected chi connectivity index (χ3v) is 6.51. The van der Waals surface area contributed by atoms with Gasteiger partial charge in [0.25, 0.3) is 10.1 Å². The molecule has 1 aliphatic heterocycles. The number of aryl methyl sites for hydroxylation is 1. The van der Waals surface area contributed by atoms with Crippen LogP contribution in [0, 0.1) is 6.92 Å². The Morgan fingerprint density at radius 3 is 2.24 bits per heavy atom. The molecule has 1 aromatic carbocycles. The number of alkyl carbamates (subject to hydrolysis) is 1. The van der Waals surface area contributed by atoms with Gasteiger partial charge in [-0.3, -0.25) is 8.98 Å². The van der Waals surface area contributed by atoms with Crippen LogP contribution in [0.25, 0.3) is 0 Å². The molecule has 13 nitrogen and oxygen atoms in total. The van der Waals surface area contributed by atoms with Gasteiger partial charge in [-0.15, -0.1) is 0 Å². The quantitative estimate of drug-likeness (QED) is 0.241. The first kappa shape index (κ1) is 31.0. The van der Waals surface area contributed by atoms with Gasteiger partial charge in [-0.2, -0.15) is 8.42 Å². The number of carbonyl (C=O) groups excluding carboxylic acids is 3. The predicted octanol–water partition coefficient (Wildman–Crippen LogP) is 0.276. The minimum absolute atomic E-state index is 0.160. The number of rotatable bonds is 9. The maximum Gasteiger partial charge on any atom is 0.408 e. The fraction of sp³-hybridized carbons (Fsp3) is 0.542. The Balaban J connectivity index is 2.30. The highest BCUT2D eigenvalue weighted by Gasteiger charge is 2.45. The first-order chi connectivity index (χ1) is 17.5. The van der Waals surface area contributed by atoms with E-state index in [4.69, 9.17) is 13.7 Å².